The van der Waals surface area contributed by atoms with E-state index in [9.17, 15) is 13.2 Å². The molecule has 0 spiro atoms. The Labute approximate surface area is 108 Å². The number of hydrogen-bond acceptors (Lipinski definition) is 3. The van der Waals surface area contributed by atoms with Gasteiger partial charge in [-0.2, -0.15) is 13.2 Å². The Bertz CT molecular complexity index is 579. The zero-order valence-corrected chi connectivity index (χ0v) is 10.1. The first kappa shape index (κ1) is 12.3. The Hall–Kier alpha value is -1.69. The maximum absolute atomic E-state index is 12.8. The average molecular weight is 270 g/mol. The van der Waals surface area contributed by atoms with Crippen LogP contribution in [0.2, 0.25) is 0 Å². The fourth-order valence-corrected chi connectivity index (χ4v) is 2.41. The third-order valence-corrected chi connectivity index (χ3v) is 3.37. The molecule has 1 aliphatic rings. The van der Waals surface area contributed by atoms with Gasteiger partial charge >= 0.3 is 6.18 Å². The van der Waals surface area contributed by atoms with Crippen LogP contribution in [0.1, 0.15) is 0 Å². The molecule has 102 valence electrons. The molecule has 3 rings (SSSR count). The smallest absolute Gasteiger partial charge is 0.405 e. The third-order valence-electron chi connectivity index (χ3n) is 3.37. The van der Waals surface area contributed by atoms with Crippen molar-refractivity contribution in [3.63, 3.8) is 0 Å². The quantitative estimate of drug-likeness (QED) is 0.863. The lowest BCUT2D eigenvalue weighted by atomic mass is 10.1. The van der Waals surface area contributed by atoms with Crippen molar-refractivity contribution in [3.05, 3.63) is 30.5 Å². The van der Waals surface area contributed by atoms with Crippen molar-refractivity contribution in [1.82, 2.24) is 5.32 Å². The second-order valence-corrected chi connectivity index (χ2v) is 4.61. The van der Waals surface area contributed by atoms with Gasteiger partial charge in [-0.15, -0.1) is 0 Å². The maximum atomic E-state index is 12.8. The van der Waals surface area contributed by atoms with Crippen LogP contribution in [0, 0.1) is 0 Å². The van der Waals surface area contributed by atoms with E-state index in [1.54, 1.807) is 17.2 Å². The van der Waals surface area contributed by atoms with E-state index in [2.05, 4.69) is 5.32 Å². The van der Waals surface area contributed by atoms with Crippen molar-refractivity contribution in [1.29, 1.82) is 0 Å². The number of para-hydroxylation sites is 1. The molecule has 1 unspecified atom stereocenters. The van der Waals surface area contributed by atoms with E-state index in [1.807, 2.05) is 18.2 Å². The van der Waals surface area contributed by atoms with Gasteiger partial charge < -0.3 is 14.6 Å². The van der Waals surface area contributed by atoms with Crippen LogP contribution in [0.5, 0.6) is 0 Å². The van der Waals surface area contributed by atoms with E-state index < -0.39 is 12.2 Å². The van der Waals surface area contributed by atoms with Gasteiger partial charge in [0.15, 0.2) is 5.58 Å². The van der Waals surface area contributed by atoms with E-state index in [0.29, 0.717) is 18.7 Å². The second kappa shape index (κ2) is 4.45. The standard InChI is InChI=1S/C13H13F3N2O/c14-13(15,16)11-8-18(6-5-17-11)10-3-1-2-9-4-7-19-12(9)10/h1-4,7,11,17H,5-6,8H2. The van der Waals surface area contributed by atoms with E-state index in [0.717, 1.165) is 11.1 Å². The molecule has 3 nitrogen and oxygen atoms in total. The van der Waals surface area contributed by atoms with Gasteiger partial charge in [0.2, 0.25) is 0 Å². The lowest BCUT2D eigenvalue weighted by molar-refractivity contribution is -0.155. The summed E-state index contributed by atoms with van der Waals surface area (Å²) >= 11 is 0. The van der Waals surface area contributed by atoms with Gasteiger partial charge in [0.1, 0.15) is 6.04 Å². The van der Waals surface area contributed by atoms with Crippen LogP contribution in [0.15, 0.2) is 34.9 Å². The number of furan rings is 1. The SMILES string of the molecule is FC(F)(F)C1CN(c2cccc3ccoc23)CCN1. The fraction of sp³-hybridized carbons (Fsp3) is 0.385. The maximum Gasteiger partial charge on any atom is 0.405 e. The molecule has 0 radical (unpaired) electrons. The molecule has 1 saturated heterocycles. The molecule has 1 fully saturated rings. The fourth-order valence-electron chi connectivity index (χ4n) is 2.41. The minimum atomic E-state index is -4.23. The average Bonchev–Trinajstić information content (AvgIpc) is 2.86. The molecule has 1 aromatic carbocycles. The first-order valence-electron chi connectivity index (χ1n) is 6.07. The zero-order valence-electron chi connectivity index (χ0n) is 10.1. The molecule has 0 bridgehead atoms. The third kappa shape index (κ3) is 2.28. The minimum Gasteiger partial charge on any atom is -0.462 e. The van der Waals surface area contributed by atoms with Gasteiger partial charge in [-0.05, 0) is 12.1 Å². The highest BCUT2D eigenvalue weighted by Gasteiger charge is 2.42. The summed E-state index contributed by atoms with van der Waals surface area (Å²) in [5.74, 6) is 0. The van der Waals surface area contributed by atoms with Crippen molar-refractivity contribution in [2.75, 3.05) is 24.5 Å². The zero-order chi connectivity index (χ0) is 13.5. The molecule has 2 aromatic rings. The largest absolute Gasteiger partial charge is 0.462 e. The van der Waals surface area contributed by atoms with Crippen molar-refractivity contribution < 1.29 is 17.6 Å². The molecule has 0 amide bonds. The number of benzene rings is 1. The summed E-state index contributed by atoms with van der Waals surface area (Å²) in [6, 6.07) is 5.82. The number of nitrogens with one attached hydrogen (secondary N) is 1. The number of anilines is 1. The molecule has 2 heterocycles. The van der Waals surface area contributed by atoms with Crippen molar-refractivity contribution in [3.8, 4) is 0 Å². The van der Waals surface area contributed by atoms with Crippen LogP contribution in [-0.4, -0.2) is 31.9 Å². The summed E-state index contributed by atoms with van der Waals surface area (Å²) in [4.78, 5) is 1.72. The highest BCUT2D eigenvalue weighted by molar-refractivity contribution is 5.89. The predicted octanol–water partition coefficient (Wildman–Crippen LogP) is 2.77. The van der Waals surface area contributed by atoms with E-state index in [4.69, 9.17) is 4.42 Å². The van der Waals surface area contributed by atoms with Gasteiger partial charge in [-0.1, -0.05) is 12.1 Å². The first-order valence-corrected chi connectivity index (χ1v) is 6.07. The summed E-state index contributed by atoms with van der Waals surface area (Å²) < 4.78 is 43.7. The van der Waals surface area contributed by atoms with E-state index in [1.165, 1.54) is 0 Å². The number of nitrogens with zero attached hydrogens (tertiary/aromatic N) is 1. The van der Waals surface area contributed by atoms with E-state index >= 15 is 0 Å². The molecule has 6 heteroatoms. The van der Waals surface area contributed by atoms with Gasteiger partial charge in [0.25, 0.3) is 0 Å². The van der Waals surface area contributed by atoms with Gasteiger partial charge in [-0.3, -0.25) is 0 Å². The minimum absolute atomic E-state index is 0.0939. The number of hydrogen-bond donors (Lipinski definition) is 1. The molecule has 1 aromatic heterocycles. The lowest BCUT2D eigenvalue weighted by Gasteiger charge is -2.35. The van der Waals surface area contributed by atoms with Gasteiger partial charge in [0, 0.05) is 25.0 Å². The highest BCUT2D eigenvalue weighted by atomic mass is 19.4. The van der Waals surface area contributed by atoms with Crippen molar-refractivity contribution in [2.24, 2.45) is 0 Å². The van der Waals surface area contributed by atoms with Crippen LogP contribution in [0.3, 0.4) is 0 Å². The van der Waals surface area contributed by atoms with Crippen molar-refractivity contribution >= 4 is 16.7 Å². The molecular weight excluding hydrogens is 257 g/mol. The molecule has 19 heavy (non-hydrogen) atoms. The molecule has 0 aliphatic carbocycles. The molecule has 1 atom stereocenters. The second-order valence-electron chi connectivity index (χ2n) is 4.61. The monoisotopic (exact) mass is 270 g/mol. The lowest BCUT2D eigenvalue weighted by Crippen LogP contribution is -2.57. The number of rotatable bonds is 1. The van der Waals surface area contributed by atoms with Crippen LogP contribution in [0.4, 0.5) is 18.9 Å². The molecule has 1 aliphatic heterocycles. The summed E-state index contributed by atoms with van der Waals surface area (Å²) in [6.07, 6.45) is -2.67. The first-order chi connectivity index (χ1) is 9.05. The summed E-state index contributed by atoms with van der Waals surface area (Å²) in [5.41, 5.74) is 1.36. The van der Waals surface area contributed by atoms with Crippen LogP contribution < -0.4 is 10.2 Å². The highest BCUT2D eigenvalue weighted by Crippen LogP contribution is 2.30. The Morgan fingerprint density at radius 3 is 2.89 bits per heavy atom. The van der Waals surface area contributed by atoms with Crippen molar-refractivity contribution in [2.45, 2.75) is 12.2 Å². The summed E-state index contributed by atoms with van der Waals surface area (Å²) in [7, 11) is 0. The molecule has 0 saturated carbocycles. The summed E-state index contributed by atoms with van der Waals surface area (Å²) in [6.45, 7) is 0.747. The van der Waals surface area contributed by atoms with Crippen LogP contribution in [-0.2, 0) is 0 Å². The Balaban J connectivity index is 1.91. The van der Waals surface area contributed by atoms with Crippen LogP contribution >= 0.6 is 0 Å². The Morgan fingerprint density at radius 2 is 2.11 bits per heavy atom. The normalized spacial score (nSPS) is 21.0. The topological polar surface area (TPSA) is 28.4 Å². The number of fused-ring (bicyclic) bond motifs is 1. The Kier molecular flexibility index (Phi) is 2.89. The number of halogens is 3. The predicted molar refractivity (Wildman–Crippen MR) is 66.3 cm³/mol. The van der Waals surface area contributed by atoms with Gasteiger partial charge in [0.05, 0.1) is 12.0 Å². The Morgan fingerprint density at radius 1 is 1.26 bits per heavy atom. The number of alkyl halides is 3. The summed E-state index contributed by atoms with van der Waals surface area (Å²) in [5, 5.41) is 3.41. The molecule has 1 N–H and O–H groups in total. The number of piperazine rings is 1. The van der Waals surface area contributed by atoms with Crippen LogP contribution in [0.25, 0.3) is 11.0 Å². The molecular formula is C13H13F3N2O. The van der Waals surface area contributed by atoms with Gasteiger partial charge in [-0.25, -0.2) is 0 Å². The van der Waals surface area contributed by atoms with E-state index in [-0.39, 0.29) is 6.54 Å².